The largest absolute Gasteiger partial charge is 0.397 e. The van der Waals surface area contributed by atoms with Gasteiger partial charge in [0.2, 0.25) is 0 Å². The molecule has 0 aromatic heterocycles. The Balaban J connectivity index is 3.20. The van der Waals surface area contributed by atoms with Crippen molar-refractivity contribution in [1.29, 1.82) is 0 Å². The molecule has 0 atom stereocenters. The van der Waals surface area contributed by atoms with Crippen molar-refractivity contribution in [3.05, 3.63) is 23.5 Å². The average molecular weight is 266 g/mol. The van der Waals surface area contributed by atoms with Gasteiger partial charge in [0.25, 0.3) is 0 Å². The third-order valence-corrected chi connectivity index (χ3v) is 3.56. The number of nitrogens with zero attached hydrogens (tertiary/aromatic N) is 1. The molecule has 0 aliphatic rings. The van der Waals surface area contributed by atoms with E-state index in [0.717, 1.165) is 25.1 Å². The summed E-state index contributed by atoms with van der Waals surface area (Å²) < 4.78 is 13.6. The fourth-order valence-electron chi connectivity index (χ4n) is 2.50. The first-order valence-corrected chi connectivity index (χ1v) is 7.22. The monoisotopic (exact) mass is 266 g/mol. The molecular formula is C16H27FN2. The van der Waals surface area contributed by atoms with E-state index in [9.17, 15) is 4.39 Å². The van der Waals surface area contributed by atoms with Crippen LogP contribution in [0.15, 0.2) is 12.1 Å². The Kier molecular flexibility index (Phi) is 5.64. The van der Waals surface area contributed by atoms with Crippen molar-refractivity contribution in [3.8, 4) is 0 Å². The van der Waals surface area contributed by atoms with Gasteiger partial charge in [-0.05, 0) is 43.4 Å². The smallest absolute Gasteiger partial charge is 0.128 e. The molecule has 0 amide bonds. The van der Waals surface area contributed by atoms with Crippen LogP contribution in [0.25, 0.3) is 0 Å². The molecule has 0 radical (unpaired) electrons. The zero-order valence-corrected chi connectivity index (χ0v) is 12.8. The van der Waals surface area contributed by atoms with Crippen molar-refractivity contribution in [1.82, 2.24) is 0 Å². The first-order chi connectivity index (χ1) is 8.90. The second-order valence-electron chi connectivity index (χ2n) is 5.68. The highest BCUT2D eigenvalue weighted by atomic mass is 19.1. The molecule has 0 saturated carbocycles. The summed E-state index contributed by atoms with van der Waals surface area (Å²) in [7, 11) is 0. The number of benzene rings is 1. The van der Waals surface area contributed by atoms with E-state index in [-0.39, 0.29) is 5.82 Å². The molecule has 1 aromatic rings. The fourth-order valence-corrected chi connectivity index (χ4v) is 2.50. The average Bonchev–Trinajstić information content (AvgIpc) is 2.33. The molecule has 0 bridgehead atoms. The molecule has 0 saturated heterocycles. The Labute approximate surface area is 116 Å². The van der Waals surface area contributed by atoms with E-state index in [1.54, 1.807) is 6.92 Å². The van der Waals surface area contributed by atoms with Crippen molar-refractivity contribution in [3.63, 3.8) is 0 Å². The third kappa shape index (κ3) is 3.85. The molecule has 19 heavy (non-hydrogen) atoms. The zero-order valence-electron chi connectivity index (χ0n) is 12.8. The van der Waals surface area contributed by atoms with Crippen LogP contribution in [0.2, 0.25) is 0 Å². The van der Waals surface area contributed by atoms with Crippen LogP contribution in [0.3, 0.4) is 0 Å². The Morgan fingerprint density at radius 2 is 1.79 bits per heavy atom. The van der Waals surface area contributed by atoms with E-state index in [1.165, 1.54) is 6.07 Å². The lowest BCUT2D eigenvalue weighted by Crippen LogP contribution is -2.38. The first kappa shape index (κ1) is 15.8. The Hall–Kier alpha value is -1.25. The number of aryl methyl sites for hydroxylation is 1. The molecule has 0 spiro atoms. The van der Waals surface area contributed by atoms with Crippen LogP contribution >= 0.6 is 0 Å². The SMILES string of the molecule is CCC(CC)N(CC(C)C)c1cc(C)c(F)cc1N. The minimum atomic E-state index is -0.227. The Morgan fingerprint density at radius 1 is 1.21 bits per heavy atom. The number of hydrogen-bond donors (Lipinski definition) is 1. The number of hydrogen-bond acceptors (Lipinski definition) is 2. The molecule has 1 aromatic carbocycles. The molecule has 0 fully saturated rings. The highest BCUT2D eigenvalue weighted by Gasteiger charge is 2.20. The van der Waals surface area contributed by atoms with Crippen LogP contribution in [0.4, 0.5) is 15.8 Å². The van der Waals surface area contributed by atoms with Gasteiger partial charge in [0.15, 0.2) is 0 Å². The van der Waals surface area contributed by atoms with Crippen LogP contribution < -0.4 is 10.6 Å². The molecule has 3 heteroatoms. The number of nitrogens with two attached hydrogens (primary N) is 1. The first-order valence-electron chi connectivity index (χ1n) is 7.22. The van der Waals surface area contributed by atoms with Crippen LogP contribution in [-0.2, 0) is 0 Å². The molecule has 108 valence electrons. The Bertz CT molecular complexity index is 411. The maximum absolute atomic E-state index is 13.6. The fraction of sp³-hybridized carbons (Fsp3) is 0.625. The van der Waals surface area contributed by atoms with Crippen LogP contribution in [0.1, 0.15) is 46.1 Å². The van der Waals surface area contributed by atoms with Crippen LogP contribution in [-0.4, -0.2) is 12.6 Å². The van der Waals surface area contributed by atoms with Crippen molar-refractivity contribution in [2.75, 3.05) is 17.2 Å². The second-order valence-corrected chi connectivity index (χ2v) is 5.68. The van der Waals surface area contributed by atoms with Crippen molar-refractivity contribution >= 4 is 11.4 Å². The van der Waals surface area contributed by atoms with E-state index in [0.29, 0.717) is 23.2 Å². The Morgan fingerprint density at radius 3 is 2.26 bits per heavy atom. The predicted molar refractivity (Wildman–Crippen MR) is 82.1 cm³/mol. The number of anilines is 2. The summed E-state index contributed by atoms with van der Waals surface area (Å²) in [5.41, 5.74) is 8.20. The van der Waals surface area contributed by atoms with Gasteiger partial charge in [-0.15, -0.1) is 0 Å². The van der Waals surface area contributed by atoms with Gasteiger partial charge < -0.3 is 10.6 Å². The summed E-state index contributed by atoms with van der Waals surface area (Å²) in [4.78, 5) is 2.34. The minimum Gasteiger partial charge on any atom is -0.397 e. The quantitative estimate of drug-likeness (QED) is 0.775. The molecule has 0 aliphatic carbocycles. The lowest BCUT2D eigenvalue weighted by molar-refractivity contribution is 0.507. The topological polar surface area (TPSA) is 29.3 Å². The summed E-state index contributed by atoms with van der Waals surface area (Å²) >= 11 is 0. The van der Waals surface area contributed by atoms with Gasteiger partial charge in [-0.25, -0.2) is 4.39 Å². The maximum Gasteiger partial charge on any atom is 0.128 e. The van der Waals surface area contributed by atoms with Gasteiger partial charge in [0.1, 0.15) is 5.82 Å². The third-order valence-electron chi connectivity index (χ3n) is 3.56. The van der Waals surface area contributed by atoms with Crippen molar-refractivity contribution < 1.29 is 4.39 Å². The van der Waals surface area contributed by atoms with Crippen molar-refractivity contribution in [2.45, 2.75) is 53.5 Å². The van der Waals surface area contributed by atoms with Crippen LogP contribution in [0, 0.1) is 18.7 Å². The van der Waals surface area contributed by atoms with E-state index in [2.05, 4.69) is 32.6 Å². The van der Waals surface area contributed by atoms with Gasteiger partial charge >= 0.3 is 0 Å². The maximum atomic E-state index is 13.6. The molecule has 2 N–H and O–H groups in total. The highest BCUT2D eigenvalue weighted by molar-refractivity contribution is 5.69. The zero-order chi connectivity index (χ0) is 14.6. The van der Waals surface area contributed by atoms with Gasteiger partial charge in [0, 0.05) is 12.6 Å². The summed E-state index contributed by atoms with van der Waals surface area (Å²) in [5.74, 6) is 0.320. The summed E-state index contributed by atoms with van der Waals surface area (Å²) in [6.07, 6.45) is 2.14. The van der Waals surface area contributed by atoms with E-state index >= 15 is 0 Å². The second kappa shape index (κ2) is 6.78. The summed E-state index contributed by atoms with van der Waals surface area (Å²) in [6.45, 7) is 11.5. The number of rotatable bonds is 6. The minimum absolute atomic E-state index is 0.227. The molecule has 1 rings (SSSR count). The normalized spacial score (nSPS) is 11.4. The van der Waals surface area contributed by atoms with Crippen LogP contribution in [0.5, 0.6) is 0 Å². The number of nitrogen functional groups attached to an aromatic ring is 1. The molecule has 0 aliphatic heterocycles. The summed E-state index contributed by atoms with van der Waals surface area (Å²) in [5, 5.41) is 0. The molecular weight excluding hydrogens is 239 g/mol. The predicted octanol–water partition coefficient (Wildman–Crippen LogP) is 4.37. The number of halogens is 1. The van der Waals surface area contributed by atoms with E-state index < -0.39 is 0 Å². The molecule has 0 heterocycles. The lowest BCUT2D eigenvalue weighted by Gasteiger charge is -2.35. The highest BCUT2D eigenvalue weighted by Crippen LogP contribution is 2.30. The lowest BCUT2D eigenvalue weighted by atomic mass is 10.0. The summed E-state index contributed by atoms with van der Waals surface area (Å²) in [6, 6.07) is 3.78. The molecule has 0 unspecified atom stereocenters. The standard InChI is InChI=1S/C16H27FN2/c1-6-13(7-2)19(10-11(3)4)16-8-12(5)14(17)9-15(16)18/h8-9,11,13H,6-7,10,18H2,1-5H3. The molecule has 2 nitrogen and oxygen atoms in total. The van der Waals surface area contributed by atoms with Gasteiger partial charge in [-0.2, -0.15) is 0 Å². The van der Waals surface area contributed by atoms with Gasteiger partial charge in [-0.3, -0.25) is 0 Å². The van der Waals surface area contributed by atoms with E-state index in [1.807, 2.05) is 6.07 Å². The van der Waals surface area contributed by atoms with Crippen molar-refractivity contribution in [2.24, 2.45) is 5.92 Å². The van der Waals surface area contributed by atoms with E-state index in [4.69, 9.17) is 5.73 Å². The van der Waals surface area contributed by atoms with Gasteiger partial charge in [0.05, 0.1) is 11.4 Å². The van der Waals surface area contributed by atoms with Gasteiger partial charge in [-0.1, -0.05) is 27.7 Å².